The monoisotopic (exact) mass is 525 g/mol. The van der Waals surface area contributed by atoms with E-state index in [1.165, 1.54) is 12.1 Å². The van der Waals surface area contributed by atoms with Gasteiger partial charge < -0.3 is 15.0 Å². The van der Waals surface area contributed by atoms with Crippen LogP contribution in [0.3, 0.4) is 0 Å². The third-order valence-electron chi connectivity index (χ3n) is 6.74. The number of benzene rings is 3. The van der Waals surface area contributed by atoms with E-state index in [1.54, 1.807) is 6.07 Å². The minimum atomic E-state index is -0.504. The predicted octanol–water partition coefficient (Wildman–Crippen LogP) is 5.37. The van der Waals surface area contributed by atoms with E-state index in [-0.39, 0.29) is 30.5 Å². The Morgan fingerprint density at radius 2 is 2.03 bits per heavy atom. The van der Waals surface area contributed by atoms with Gasteiger partial charge in [-0.05, 0) is 60.7 Å². The maximum absolute atomic E-state index is 12.2. The minimum Gasteiger partial charge on any atom is -0.459 e. The molecule has 1 aliphatic heterocycles. The number of aromatic nitrogens is 1. The minimum absolute atomic E-state index is 0.0992. The van der Waals surface area contributed by atoms with Crippen LogP contribution in [0.15, 0.2) is 72.9 Å². The second kappa shape index (κ2) is 11.8. The zero-order valence-corrected chi connectivity index (χ0v) is 21.1. The normalized spacial score (nSPS) is 15.2. The third kappa shape index (κ3) is 6.23. The van der Waals surface area contributed by atoms with Gasteiger partial charge in [0, 0.05) is 41.4 Å². The van der Waals surface area contributed by atoms with Crippen molar-refractivity contribution in [1.29, 1.82) is 5.26 Å². The highest BCUT2D eigenvalue weighted by atomic mass is 16.7. The second-order valence-corrected chi connectivity index (χ2v) is 9.36. The number of ether oxygens (including phenoxy) is 1. The van der Waals surface area contributed by atoms with Crippen LogP contribution in [0.25, 0.3) is 10.9 Å². The Kier molecular flexibility index (Phi) is 7.82. The van der Waals surface area contributed by atoms with Crippen molar-refractivity contribution < 1.29 is 19.3 Å². The van der Waals surface area contributed by atoms with Gasteiger partial charge in [0.15, 0.2) is 6.61 Å². The molecule has 0 radical (unpaired) electrons. The van der Waals surface area contributed by atoms with Crippen molar-refractivity contribution in [3.05, 3.63) is 99.7 Å². The summed E-state index contributed by atoms with van der Waals surface area (Å²) >= 11 is 0. The Labute approximate surface area is 224 Å². The Balaban J connectivity index is 1.23. The average molecular weight is 526 g/mol. The van der Waals surface area contributed by atoms with E-state index in [2.05, 4.69) is 10.3 Å². The summed E-state index contributed by atoms with van der Waals surface area (Å²) in [6.45, 7) is 0.798. The lowest BCUT2D eigenvalue weighted by Crippen LogP contribution is -2.33. The molecule has 1 fully saturated rings. The number of nitriles is 1. The van der Waals surface area contributed by atoms with Crippen molar-refractivity contribution in [2.75, 3.05) is 18.5 Å². The molecule has 10 nitrogen and oxygen atoms in total. The second-order valence-electron chi connectivity index (χ2n) is 9.36. The first-order valence-electron chi connectivity index (χ1n) is 12.6. The van der Waals surface area contributed by atoms with E-state index in [0.717, 1.165) is 41.4 Å². The standard InChI is InChI=1S/C29H27N5O5/c30-16-21-8-10-27(28(13-21)34(36)37)32-23-9-11-26-25(15-23)22(17-31-26)14-24-7-4-12-33(24)39-19-29(35)38-18-20-5-2-1-3-6-20/h1-3,5-6,8-11,13,15,17,24,31-32H,4,7,12,14,18-19H2/t24-/m1/s1. The first-order valence-corrected chi connectivity index (χ1v) is 12.6. The number of nitrogens with one attached hydrogen (secondary N) is 2. The summed E-state index contributed by atoms with van der Waals surface area (Å²) in [5, 5.41) is 26.6. The summed E-state index contributed by atoms with van der Waals surface area (Å²) in [7, 11) is 0. The van der Waals surface area contributed by atoms with Gasteiger partial charge in [-0.25, -0.2) is 4.79 Å². The molecule has 2 N–H and O–H groups in total. The molecule has 3 aromatic carbocycles. The fourth-order valence-corrected chi connectivity index (χ4v) is 4.79. The van der Waals surface area contributed by atoms with Gasteiger partial charge >= 0.3 is 5.97 Å². The number of aromatic amines is 1. The van der Waals surface area contributed by atoms with Crippen LogP contribution in [0.5, 0.6) is 0 Å². The molecule has 1 aromatic heterocycles. The maximum Gasteiger partial charge on any atom is 0.334 e. The molecular formula is C29H27N5O5. The van der Waals surface area contributed by atoms with E-state index >= 15 is 0 Å². The number of esters is 1. The molecule has 0 amide bonds. The van der Waals surface area contributed by atoms with Crippen molar-refractivity contribution >= 4 is 33.9 Å². The van der Waals surface area contributed by atoms with Gasteiger partial charge in [0.2, 0.25) is 0 Å². The first-order chi connectivity index (χ1) is 19.0. The molecule has 10 heteroatoms. The van der Waals surface area contributed by atoms with Crippen molar-refractivity contribution in [3.63, 3.8) is 0 Å². The zero-order chi connectivity index (χ0) is 27.2. The molecule has 0 spiro atoms. The van der Waals surface area contributed by atoms with E-state index in [4.69, 9.17) is 14.8 Å². The van der Waals surface area contributed by atoms with Gasteiger partial charge in [-0.3, -0.25) is 15.0 Å². The lowest BCUT2D eigenvalue weighted by Gasteiger charge is -2.23. The van der Waals surface area contributed by atoms with Crippen LogP contribution >= 0.6 is 0 Å². The van der Waals surface area contributed by atoms with Gasteiger partial charge in [0.25, 0.3) is 5.69 Å². The Morgan fingerprint density at radius 1 is 1.18 bits per heavy atom. The van der Waals surface area contributed by atoms with Crippen LogP contribution in [0.4, 0.5) is 17.1 Å². The van der Waals surface area contributed by atoms with Crippen molar-refractivity contribution in [2.45, 2.75) is 31.9 Å². The first kappa shape index (κ1) is 25.9. The number of nitrogens with zero attached hydrogens (tertiary/aromatic N) is 3. The van der Waals surface area contributed by atoms with Crippen LogP contribution in [0.1, 0.15) is 29.5 Å². The largest absolute Gasteiger partial charge is 0.459 e. The van der Waals surface area contributed by atoms with Crippen LogP contribution in [-0.2, 0) is 27.4 Å². The summed E-state index contributed by atoms with van der Waals surface area (Å²) < 4.78 is 5.32. The van der Waals surface area contributed by atoms with Crippen LogP contribution in [0, 0.1) is 21.4 Å². The fraction of sp³-hybridized carbons (Fsp3) is 0.241. The summed E-state index contributed by atoms with van der Waals surface area (Å²) in [5.74, 6) is -0.413. The van der Waals surface area contributed by atoms with E-state index in [0.29, 0.717) is 17.8 Å². The molecule has 1 saturated heterocycles. The smallest absolute Gasteiger partial charge is 0.334 e. The average Bonchev–Trinajstić information content (AvgIpc) is 3.58. The topological polar surface area (TPSA) is 134 Å². The number of nitro benzene ring substituents is 1. The SMILES string of the molecule is N#Cc1ccc(Nc2ccc3[nH]cc(C[C@H]4CCCN4OCC(=O)OCc4ccccc4)c3c2)c([N+](=O)[O-])c1. The number of anilines is 2. The Bertz CT molecular complexity index is 1530. The number of carbonyl (C=O) groups is 1. The quantitative estimate of drug-likeness (QED) is 0.160. The van der Waals surface area contributed by atoms with Gasteiger partial charge in [-0.1, -0.05) is 30.3 Å². The number of fused-ring (bicyclic) bond motifs is 1. The molecule has 39 heavy (non-hydrogen) atoms. The number of hydrogen-bond donors (Lipinski definition) is 2. The fourth-order valence-electron chi connectivity index (χ4n) is 4.79. The number of carbonyl (C=O) groups excluding carboxylic acids is 1. The summed E-state index contributed by atoms with van der Waals surface area (Å²) in [6.07, 6.45) is 4.56. The lowest BCUT2D eigenvalue weighted by molar-refractivity contribution is -0.383. The molecule has 0 saturated carbocycles. The van der Waals surface area contributed by atoms with E-state index < -0.39 is 10.9 Å². The highest BCUT2D eigenvalue weighted by Gasteiger charge is 2.27. The molecule has 198 valence electrons. The Morgan fingerprint density at radius 3 is 2.82 bits per heavy atom. The molecule has 4 aromatic rings. The molecule has 0 unspecified atom stereocenters. The molecule has 0 bridgehead atoms. The number of hydrogen-bond acceptors (Lipinski definition) is 8. The molecular weight excluding hydrogens is 498 g/mol. The van der Waals surface area contributed by atoms with Gasteiger partial charge in [0.05, 0.1) is 16.6 Å². The van der Waals surface area contributed by atoms with Crippen LogP contribution < -0.4 is 5.32 Å². The highest BCUT2D eigenvalue weighted by Crippen LogP contribution is 2.32. The van der Waals surface area contributed by atoms with Crippen LogP contribution in [0.2, 0.25) is 0 Å². The Hall–Kier alpha value is -4.72. The zero-order valence-electron chi connectivity index (χ0n) is 21.1. The molecule has 2 heterocycles. The number of H-pyrrole nitrogens is 1. The van der Waals surface area contributed by atoms with Gasteiger partial charge in [0.1, 0.15) is 12.3 Å². The predicted molar refractivity (Wildman–Crippen MR) is 145 cm³/mol. The number of nitro groups is 1. The molecule has 0 aliphatic carbocycles. The highest BCUT2D eigenvalue weighted by molar-refractivity contribution is 5.88. The van der Waals surface area contributed by atoms with Crippen molar-refractivity contribution in [2.24, 2.45) is 0 Å². The number of rotatable bonds is 10. The lowest BCUT2D eigenvalue weighted by atomic mass is 10.0. The molecule has 1 aliphatic rings. The molecule has 1 atom stereocenters. The van der Waals surface area contributed by atoms with Crippen molar-refractivity contribution in [3.8, 4) is 6.07 Å². The summed E-state index contributed by atoms with van der Waals surface area (Å²) in [5.41, 5.74) is 4.01. The van der Waals surface area contributed by atoms with Gasteiger partial charge in [-0.15, -0.1) is 0 Å². The van der Waals surface area contributed by atoms with Gasteiger partial charge in [-0.2, -0.15) is 10.3 Å². The number of hydroxylamine groups is 2. The van der Waals surface area contributed by atoms with Crippen molar-refractivity contribution in [1.82, 2.24) is 10.0 Å². The van der Waals surface area contributed by atoms with Crippen LogP contribution in [-0.4, -0.2) is 40.1 Å². The summed E-state index contributed by atoms with van der Waals surface area (Å²) in [6, 6.07) is 21.6. The maximum atomic E-state index is 12.2. The third-order valence-corrected chi connectivity index (χ3v) is 6.74. The molecule has 5 rings (SSSR count). The summed E-state index contributed by atoms with van der Waals surface area (Å²) in [4.78, 5) is 32.4. The van der Waals surface area contributed by atoms with E-state index in [1.807, 2.05) is 65.9 Å². The van der Waals surface area contributed by atoms with E-state index in [9.17, 15) is 14.9 Å².